The number of hydrogen-bond acceptors (Lipinski definition) is 7. The summed E-state index contributed by atoms with van der Waals surface area (Å²) in [6.07, 6.45) is 16.7. The number of thiocarbonyl (C=S) groups is 3. The van der Waals surface area contributed by atoms with E-state index in [0.717, 1.165) is 25.9 Å². The Kier molecular flexibility index (Phi) is 28.9. The molecule has 0 radical (unpaired) electrons. The summed E-state index contributed by atoms with van der Waals surface area (Å²) < 4.78 is 3.10. The molecule has 0 N–H and O–H groups in total. The normalized spacial score (nSPS) is 10.5. The molecular formula is C38H57NS6. The Labute approximate surface area is 306 Å². The summed E-state index contributed by atoms with van der Waals surface area (Å²) in [4.78, 5) is 0. The highest BCUT2D eigenvalue weighted by Gasteiger charge is 2.05. The SMILES string of the molecule is CC(C)SC(=S)c1ccc(C#N)cc1.CC(C)SC(=S)c1ccccc1.CCCCCCCCCCCCCC(=S)SC(C)C. The Hall–Kier alpha value is -0.750. The van der Waals surface area contributed by atoms with Gasteiger partial charge in [0.1, 0.15) is 0 Å². The fourth-order valence-electron chi connectivity index (χ4n) is 4.07. The summed E-state index contributed by atoms with van der Waals surface area (Å²) >= 11 is 21.2. The van der Waals surface area contributed by atoms with Gasteiger partial charge < -0.3 is 0 Å². The predicted molar refractivity (Wildman–Crippen MR) is 223 cm³/mol. The Morgan fingerprint density at radius 1 is 0.578 bits per heavy atom. The van der Waals surface area contributed by atoms with Gasteiger partial charge in [-0.1, -0.05) is 192 Å². The van der Waals surface area contributed by atoms with Gasteiger partial charge in [-0.2, -0.15) is 5.26 Å². The topological polar surface area (TPSA) is 23.8 Å². The van der Waals surface area contributed by atoms with Crippen LogP contribution in [0.3, 0.4) is 0 Å². The maximum atomic E-state index is 8.62. The average molecular weight is 720 g/mol. The molecule has 0 heterocycles. The van der Waals surface area contributed by atoms with Crippen LogP contribution in [-0.2, 0) is 0 Å². The van der Waals surface area contributed by atoms with Crippen molar-refractivity contribution in [1.29, 1.82) is 5.26 Å². The molecule has 0 saturated heterocycles. The van der Waals surface area contributed by atoms with E-state index in [0.29, 0.717) is 21.3 Å². The van der Waals surface area contributed by atoms with E-state index in [1.807, 2.05) is 42.1 Å². The maximum absolute atomic E-state index is 8.62. The molecule has 2 aromatic carbocycles. The summed E-state index contributed by atoms with van der Waals surface area (Å²) in [5.74, 6) is 0. The smallest absolute Gasteiger partial charge is 0.0991 e. The minimum Gasteiger partial charge on any atom is -0.192 e. The first-order chi connectivity index (χ1) is 21.5. The number of thioether (sulfide) groups is 3. The lowest BCUT2D eigenvalue weighted by Gasteiger charge is -2.06. The molecule has 0 amide bonds. The van der Waals surface area contributed by atoms with E-state index >= 15 is 0 Å². The molecule has 0 fully saturated rings. The number of benzene rings is 2. The first-order valence-corrected chi connectivity index (χ1v) is 20.5. The first kappa shape index (κ1) is 44.2. The zero-order valence-electron chi connectivity index (χ0n) is 28.8. The molecule has 0 aliphatic rings. The number of hydrogen-bond donors (Lipinski definition) is 0. The average Bonchev–Trinajstić information content (AvgIpc) is 3.00. The molecule has 2 rings (SSSR count). The molecule has 7 heteroatoms. The summed E-state index contributed by atoms with van der Waals surface area (Å²) in [7, 11) is 0. The Balaban J connectivity index is 0.000000663. The van der Waals surface area contributed by atoms with Gasteiger partial charge in [0.15, 0.2) is 0 Å². The van der Waals surface area contributed by atoms with Crippen LogP contribution in [0.1, 0.15) is 142 Å². The molecule has 0 aliphatic carbocycles. The van der Waals surface area contributed by atoms with Crippen LogP contribution in [0.25, 0.3) is 0 Å². The van der Waals surface area contributed by atoms with Crippen molar-refractivity contribution in [3.8, 4) is 6.07 Å². The van der Waals surface area contributed by atoms with Gasteiger partial charge in [-0.25, -0.2) is 0 Å². The van der Waals surface area contributed by atoms with Gasteiger partial charge in [0.25, 0.3) is 0 Å². The summed E-state index contributed by atoms with van der Waals surface area (Å²) in [6, 6.07) is 19.6. The van der Waals surface area contributed by atoms with E-state index in [2.05, 4.69) is 66.7 Å². The highest BCUT2D eigenvalue weighted by Crippen LogP contribution is 2.20. The third kappa shape index (κ3) is 27.0. The quantitative estimate of drug-likeness (QED) is 0.118. The van der Waals surface area contributed by atoms with E-state index in [4.69, 9.17) is 41.9 Å². The van der Waals surface area contributed by atoms with Crippen molar-refractivity contribution in [2.75, 3.05) is 0 Å². The third-order valence-corrected chi connectivity index (χ3v) is 10.6. The Bertz CT molecular complexity index is 1090. The molecular weight excluding hydrogens is 663 g/mol. The molecule has 0 atom stereocenters. The van der Waals surface area contributed by atoms with Gasteiger partial charge in [0.2, 0.25) is 0 Å². The number of rotatable bonds is 17. The van der Waals surface area contributed by atoms with Crippen molar-refractivity contribution < 1.29 is 0 Å². The molecule has 0 aromatic heterocycles. The molecule has 45 heavy (non-hydrogen) atoms. The Morgan fingerprint density at radius 3 is 1.38 bits per heavy atom. The second kappa shape index (κ2) is 29.4. The second-order valence-electron chi connectivity index (χ2n) is 11.8. The Morgan fingerprint density at radius 2 is 0.978 bits per heavy atom. The van der Waals surface area contributed by atoms with Crippen LogP contribution in [0.15, 0.2) is 54.6 Å². The first-order valence-electron chi connectivity index (χ1n) is 16.7. The largest absolute Gasteiger partial charge is 0.192 e. The predicted octanol–water partition coefficient (Wildman–Crippen LogP) is 14.0. The number of unbranched alkanes of at least 4 members (excludes halogenated alkanes) is 10. The lowest BCUT2D eigenvalue weighted by molar-refractivity contribution is 0.552. The van der Waals surface area contributed by atoms with Crippen molar-refractivity contribution in [1.82, 2.24) is 0 Å². The van der Waals surface area contributed by atoms with Crippen LogP contribution < -0.4 is 0 Å². The number of nitriles is 1. The molecule has 250 valence electrons. The minimum absolute atomic E-state index is 0.498. The molecule has 0 aliphatic heterocycles. The molecule has 1 nitrogen and oxygen atoms in total. The van der Waals surface area contributed by atoms with Gasteiger partial charge in [-0.15, -0.1) is 35.3 Å². The van der Waals surface area contributed by atoms with Gasteiger partial charge in [0.05, 0.1) is 20.0 Å². The van der Waals surface area contributed by atoms with Crippen LogP contribution in [-0.4, -0.2) is 28.3 Å². The maximum Gasteiger partial charge on any atom is 0.0991 e. The third-order valence-electron chi connectivity index (χ3n) is 6.30. The molecule has 0 bridgehead atoms. The van der Waals surface area contributed by atoms with Gasteiger partial charge >= 0.3 is 0 Å². The molecule has 2 aromatic rings. The lowest BCUT2D eigenvalue weighted by atomic mass is 10.1. The molecule has 0 saturated carbocycles. The van der Waals surface area contributed by atoms with Crippen molar-refractivity contribution in [2.45, 2.75) is 141 Å². The lowest BCUT2D eigenvalue weighted by Crippen LogP contribution is -1.97. The van der Waals surface area contributed by atoms with Crippen molar-refractivity contribution in [2.24, 2.45) is 0 Å². The minimum atomic E-state index is 0.498. The van der Waals surface area contributed by atoms with E-state index in [-0.39, 0.29) is 0 Å². The molecule has 0 spiro atoms. The standard InChI is InChI=1S/C17H34S2.C11H11NS2.C10H12S2/c1-4-5-6-7-8-9-10-11-12-13-14-15-17(18)19-16(2)3;1-8(2)14-11(13)10-5-3-9(7-12)4-6-10;1-8(2)12-10(11)9-6-4-3-5-7-9/h16H,4-15H2,1-3H3;3-6,8H,1-2H3;3-8H,1-2H3. The van der Waals surface area contributed by atoms with Crippen molar-refractivity contribution >= 4 is 84.5 Å². The summed E-state index contributed by atoms with van der Waals surface area (Å²) in [5.41, 5.74) is 2.86. The monoisotopic (exact) mass is 719 g/mol. The van der Waals surface area contributed by atoms with Crippen molar-refractivity contribution in [3.63, 3.8) is 0 Å². The zero-order valence-corrected chi connectivity index (χ0v) is 33.7. The van der Waals surface area contributed by atoms with Crippen LogP contribution in [0.4, 0.5) is 0 Å². The second-order valence-corrected chi connectivity index (χ2v) is 18.7. The van der Waals surface area contributed by atoms with Gasteiger partial charge in [-0.3, -0.25) is 0 Å². The van der Waals surface area contributed by atoms with Gasteiger partial charge in [-0.05, 0) is 36.1 Å². The van der Waals surface area contributed by atoms with Crippen LogP contribution in [0.5, 0.6) is 0 Å². The van der Waals surface area contributed by atoms with Crippen LogP contribution in [0, 0.1) is 11.3 Å². The van der Waals surface area contributed by atoms with E-state index < -0.39 is 0 Å². The number of nitrogens with zero attached hydrogens (tertiary/aromatic N) is 1. The van der Waals surface area contributed by atoms with Crippen LogP contribution in [0.2, 0.25) is 0 Å². The van der Waals surface area contributed by atoms with E-state index in [1.54, 1.807) is 35.7 Å². The fourth-order valence-corrected chi connectivity index (χ4v) is 8.41. The van der Waals surface area contributed by atoms with Crippen molar-refractivity contribution in [3.05, 3.63) is 71.3 Å². The summed E-state index contributed by atoms with van der Waals surface area (Å²) in [6.45, 7) is 15.3. The van der Waals surface area contributed by atoms with E-state index in [1.165, 1.54) is 74.8 Å². The van der Waals surface area contributed by atoms with Crippen LogP contribution >= 0.6 is 71.9 Å². The molecule has 0 unspecified atom stereocenters. The fraction of sp³-hybridized carbons (Fsp3) is 0.579. The highest BCUT2D eigenvalue weighted by atomic mass is 32.2. The highest BCUT2D eigenvalue weighted by molar-refractivity contribution is 8.24. The summed E-state index contributed by atoms with van der Waals surface area (Å²) in [5, 5.41) is 10.3. The van der Waals surface area contributed by atoms with Gasteiger partial charge in [0, 0.05) is 19.9 Å². The van der Waals surface area contributed by atoms with E-state index in [9.17, 15) is 0 Å². The zero-order chi connectivity index (χ0) is 33.9.